The molecule has 0 amide bonds. The zero-order chi connectivity index (χ0) is 11.1. The number of rotatable bonds is 6. The third-order valence-corrected chi connectivity index (χ3v) is 2.67. The van der Waals surface area contributed by atoms with E-state index in [1.165, 1.54) is 11.1 Å². The van der Waals surface area contributed by atoms with Crippen molar-refractivity contribution in [3.05, 3.63) is 35.4 Å². The van der Waals surface area contributed by atoms with E-state index in [0.29, 0.717) is 6.04 Å². The van der Waals surface area contributed by atoms with E-state index in [0.717, 1.165) is 25.9 Å². The number of nitrogens with two attached hydrogens (primary N) is 1. The fraction of sp³-hybridized carbons (Fsp3) is 0.538. The van der Waals surface area contributed by atoms with E-state index >= 15 is 0 Å². The summed E-state index contributed by atoms with van der Waals surface area (Å²) >= 11 is 0. The van der Waals surface area contributed by atoms with Crippen LogP contribution in [0.5, 0.6) is 0 Å². The molecule has 1 unspecified atom stereocenters. The lowest BCUT2D eigenvalue weighted by atomic mass is 10.1. The minimum Gasteiger partial charge on any atom is -0.328 e. The van der Waals surface area contributed by atoms with Crippen LogP contribution in [0, 0.1) is 6.92 Å². The first-order valence-electron chi connectivity index (χ1n) is 5.74. The summed E-state index contributed by atoms with van der Waals surface area (Å²) in [6, 6.07) is 8.98. The van der Waals surface area contributed by atoms with Crippen LogP contribution >= 0.6 is 0 Å². The first-order valence-corrected chi connectivity index (χ1v) is 5.74. The van der Waals surface area contributed by atoms with Crippen LogP contribution in [0.4, 0.5) is 0 Å². The van der Waals surface area contributed by atoms with Crippen LogP contribution in [-0.2, 0) is 6.54 Å². The van der Waals surface area contributed by atoms with Gasteiger partial charge in [0.25, 0.3) is 0 Å². The fourth-order valence-corrected chi connectivity index (χ4v) is 1.43. The molecule has 0 heterocycles. The van der Waals surface area contributed by atoms with Crippen LogP contribution in [0.25, 0.3) is 0 Å². The van der Waals surface area contributed by atoms with Crippen LogP contribution in [0.3, 0.4) is 0 Å². The van der Waals surface area contributed by atoms with Gasteiger partial charge < -0.3 is 11.1 Å². The average Bonchev–Trinajstić information content (AvgIpc) is 2.26. The lowest BCUT2D eigenvalue weighted by molar-refractivity contribution is 0.549. The molecule has 2 nitrogen and oxygen atoms in total. The van der Waals surface area contributed by atoms with Gasteiger partial charge in [-0.25, -0.2) is 0 Å². The largest absolute Gasteiger partial charge is 0.328 e. The van der Waals surface area contributed by atoms with Gasteiger partial charge in [-0.15, -0.1) is 0 Å². The Morgan fingerprint density at radius 1 is 1.27 bits per heavy atom. The molecule has 0 aliphatic heterocycles. The molecule has 0 aliphatic rings. The van der Waals surface area contributed by atoms with Crippen molar-refractivity contribution in [3.63, 3.8) is 0 Å². The van der Waals surface area contributed by atoms with E-state index in [4.69, 9.17) is 5.73 Å². The summed E-state index contributed by atoms with van der Waals surface area (Å²) in [5, 5.41) is 3.41. The molecule has 0 aromatic heterocycles. The Kier molecular flexibility index (Phi) is 5.37. The van der Waals surface area contributed by atoms with Gasteiger partial charge in [-0.3, -0.25) is 0 Å². The molecule has 1 rings (SSSR count). The molecule has 84 valence electrons. The zero-order valence-corrected chi connectivity index (χ0v) is 9.79. The van der Waals surface area contributed by atoms with Crippen molar-refractivity contribution < 1.29 is 0 Å². The molecular formula is C13H22N2. The van der Waals surface area contributed by atoms with Gasteiger partial charge in [0, 0.05) is 12.6 Å². The van der Waals surface area contributed by atoms with Crippen molar-refractivity contribution in [3.8, 4) is 0 Å². The van der Waals surface area contributed by atoms with E-state index in [1.807, 2.05) is 0 Å². The van der Waals surface area contributed by atoms with Gasteiger partial charge in [0.1, 0.15) is 0 Å². The zero-order valence-electron chi connectivity index (χ0n) is 9.79. The Bertz CT molecular complexity index is 266. The van der Waals surface area contributed by atoms with E-state index in [9.17, 15) is 0 Å². The second-order valence-electron chi connectivity index (χ2n) is 4.12. The van der Waals surface area contributed by atoms with E-state index < -0.39 is 0 Å². The summed E-state index contributed by atoms with van der Waals surface area (Å²) in [6.45, 7) is 6.18. The van der Waals surface area contributed by atoms with Crippen molar-refractivity contribution in [1.82, 2.24) is 5.32 Å². The Labute approximate surface area is 92.9 Å². The topological polar surface area (TPSA) is 38.0 Å². The van der Waals surface area contributed by atoms with Crippen LogP contribution in [0.15, 0.2) is 24.3 Å². The van der Waals surface area contributed by atoms with E-state index in [-0.39, 0.29) is 0 Å². The Morgan fingerprint density at radius 2 is 1.93 bits per heavy atom. The van der Waals surface area contributed by atoms with Crippen molar-refractivity contribution >= 4 is 0 Å². The van der Waals surface area contributed by atoms with E-state index in [2.05, 4.69) is 43.4 Å². The highest BCUT2D eigenvalue weighted by Gasteiger charge is 1.97. The number of aryl methyl sites for hydroxylation is 1. The third kappa shape index (κ3) is 4.96. The predicted octanol–water partition coefficient (Wildman–Crippen LogP) is 2.21. The Balaban J connectivity index is 2.17. The minimum atomic E-state index is 0.343. The molecule has 1 aromatic carbocycles. The quantitative estimate of drug-likeness (QED) is 0.700. The third-order valence-electron chi connectivity index (χ3n) is 2.67. The maximum absolute atomic E-state index is 5.83. The standard InChI is InChI=1S/C13H22N2/c1-3-13(14)8-9-15-10-12-6-4-11(2)5-7-12/h4-7,13,15H,3,8-10,14H2,1-2H3. The van der Waals surface area contributed by atoms with Gasteiger partial charge in [-0.1, -0.05) is 36.8 Å². The highest BCUT2D eigenvalue weighted by molar-refractivity contribution is 5.20. The molecule has 0 radical (unpaired) electrons. The molecule has 0 saturated carbocycles. The summed E-state index contributed by atoms with van der Waals surface area (Å²) < 4.78 is 0. The second kappa shape index (κ2) is 6.59. The lowest BCUT2D eigenvalue weighted by Gasteiger charge is -2.09. The Hall–Kier alpha value is -0.860. The molecule has 15 heavy (non-hydrogen) atoms. The lowest BCUT2D eigenvalue weighted by Crippen LogP contribution is -2.25. The van der Waals surface area contributed by atoms with Crippen molar-refractivity contribution in [2.45, 2.75) is 39.3 Å². The van der Waals surface area contributed by atoms with Crippen molar-refractivity contribution in [2.75, 3.05) is 6.54 Å². The number of nitrogens with one attached hydrogen (secondary N) is 1. The van der Waals surface area contributed by atoms with Crippen LogP contribution in [-0.4, -0.2) is 12.6 Å². The summed E-state index contributed by atoms with van der Waals surface area (Å²) in [5.74, 6) is 0. The van der Waals surface area contributed by atoms with Gasteiger partial charge in [-0.2, -0.15) is 0 Å². The smallest absolute Gasteiger partial charge is 0.0205 e. The number of hydrogen-bond acceptors (Lipinski definition) is 2. The molecule has 3 N–H and O–H groups in total. The molecule has 0 saturated heterocycles. The van der Waals surface area contributed by atoms with Crippen molar-refractivity contribution in [1.29, 1.82) is 0 Å². The maximum Gasteiger partial charge on any atom is 0.0205 e. The normalized spacial score (nSPS) is 12.7. The summed E-state index contributed by atoms with van der Waals surface area (Å²) in [4.78, 5) is 0. The SMILES string of the molecule is CCC(N)CCNCc1ccc(C)cc1. The molecule has 0 fully saturated rings. The van der Waals surface area contributed by atoms with Gasteiger partial charge in [0.15, 0.2) is 0 Å². The second-order valence-corrected chi connectivity index (χ2v) is 4.12. The first kappa shape index (κ1) is 12.2. The van der Waals surface area contributed by atoms with Gasteiger partial charge >= 0.3 is 0 Å². The predicted molar refractivity (Wildman–Crippen MR) is 65.8 cm³/mol. The molecule has 2 heteroatoms. The van der Waals surface area contributed by atoms with Crippen LogP contribution in [0.1, 0.15) is 30.9 Å². The summed E-state index contributed by atoms with van der Waals surface area (Å²) in [6.07, 6.45) is 2.12. The van der Waals surface area contributed by atoms with Crippen LogP contribution < -0.4 is 11.1 Å². The highest BCUT2D eigenvalue weighted by Crippen LogP contribution is 2.02. The van der Waals surface area contributed by atoms with Gasteiger partial charge in [-0.05, 0) is 31.9 Å². The number of benzene rings is 1. The van der Waals surface area contributed by atoms with Gasteiger partial charge in [0.2, 0.25) is 0 Å². The van der Waals surface area contributed by atoms with Gasteiger partial charge in [0.05, 0.1) is 0 Å². The molecule has 0 aliphatic carbocycles. The molecule has 1 aromatic rings. The van der Waals surface area contributed by atoms with Crippen LogP contribution in [0.2, 0.25) is 0 Å². The highest BCUT2D eigenvalue weighted by atomic mass is 14.9. The minimum absolute atomic E-state index is 0.343. The molecule has 1 atom stereocenters. The Morgan fingerprint density at radius 3 is 2.53 bits per heavy atom. The fourth-order valence-electron chi connectivity index (χ4n) is 1.43. The monoisotopic (exact) mass is 206 g/mol. The summed E-state index contributed by atoms with van der Waals surface area (Å²) in [5.41, 5.74) is 8.48. The molecular weight excluding hydrogens is 184 g/mol. The molecule has 0 bridgehead atoms. The van der Waals surface area contributed by atoms with E-state index in [1.54, 1.807) is 0 Å². The maximum atomic E-state index is 5.83. The summed E-state index contributed by atoms with van der Waals surface area (Å²) in [7, 11) is 0. The van der Waals surface area contributed by atoms with Crippen molar-refractivity contribution in [2.24, 2.45) is 5.73 Å². The first-order chi connectivity index (χ1) is 7.22. The number of hydrogen-bond donors (Lipinski definition) is 2. The average molecular weight is 206 g/mol. The molecule has 0 spiro atoms.